The quantitative estimate of drug-likeness (QED) is 0.179. The van der Waals surface area contributed by atoms with Crippen molar-refractivity contribution in [3.63, 3.8) is 0 Å². The molecule has 4 heteroatoms. The lowest BCUT2D eigenvalue weighted by Crippen LogP contribution is -2.12. The summed E-state index contributed by atoms with van der Waals surface area (Å²) in [7, 11) is 0. The molecule has 10 aromatic rings. The Hall–Kier alpha value is -6.91. The molecular formula is C47H31N3O. The lowest BCUT2D eigenvalue weighted by molar-refractivity contribution is 0.620. The van der Waals surface area contributed by atoms with Crippen LogP contribution in [0.4, 0.5) is 17.1 Å². The van der Waals surface area contributed by atoms with Gasteiger partial charge in [-0.1, -0.05) is 127 Å². The zero-order valence-electron chi connectivity index (χ0n) is 27.6. The Morgan fingerprint density at radius 1 is 0.451 bits per heavy atom. The van der Waals surface area contributed by atoms with Crippen LogP contribution in [0, 0.1) is 0 Å². The fraction of sp³-hybridized carbons (Fsp3) is 0. The number of hydrogen-bond donors (Lipinski definition) is 0. The summed E-state index contributed by atoms with van der Waals surface area (Å²) in [5.74, 6) is 0.610. The van der Waals surface area contributed by atoms with Crippen LogP contribution in [0.1, 0.15) is 0 Å². The summed E-state index contributed by atoms with van der Waals surface area (Å²) in [6.45, 7) is 0. The average molecular weight is 654 g/mol. The molecule has 0 amide bonds. The minimum Gasteiger partial charge on any atom is -0.436 e. The predicted molar refractivity (Wildman–Crippen MR) is 211 cm³/mol. The van der Waals surface area contributed by atoms with E-state index in [0.717, 1.165) is 66.8 Å². The van der Waals surface area contributed by atoms with Crippen LogP contribution in [0.3, 0.4) is 0 Å². The zero-order valence-corrected chi connectivity index (χ0v) is 27.6. The van der Waals surface area contributed by atoms with E-state index in [1.165, 1.54) is 16.3 Å². The molecule has 0 spiro atoms. The van der Waals surface area contributed by atoms with Crippen molar-refractivity contribution in [3.8, 4) is 28.3 Å². The molecule has 4 nitrogen and oxygen atoms in total. The van der Waals surface area contributed by atoms with Crippen LogP contribution < -0.4 is 4.90 Å². The summed E-state index contributed by atoms with van der Waals surface area (Å²) in [6.07, 6.45) is 0. The molecule has 0 unspecified atom stereocenters. The van der Waals surface area contributed by atoms with Crippen molar-refractivity contribution in [1.82, 2.24) is 9.55 Å². The van der Waals surface area contributed by atoms with E-state index in [4.69, 9.17) is 9.40 Å². The van der Waals surface area contributed by atoms with E-state index in [0.29, 0.717) is 5.89 Å². The first-order valence-electron chi connectivity index (χ1n) is 17.2. The monoisotopic (exact) mass is 653 g/mol. The first-order chi connectivity index (χ1) is 25.3. The molecule has 240 valence electrons. The van der Waals surface area contributed by atoms with Crippen LogP contribution in [-0.2, 0) is 0 Å². The highest BCUT2D eigenvalue weighted by molar-refractivity contribution is 6.14. The molecule has 0 atom stereocenters. The molecule has 0 fully saturated rings. The summed E-state index contributed by atoms with van der Waals surface area (Å²) in [5.41, 5.74) is 11.4. The molecular weight excluding hydrogens is 623 g/mol. The molecule has 0 saturated heterocycles. The van der Waals surface area contributed by atoms with Gasteiger partial charge >= 0.3 is 0 Å². The minimum atomic E-state index is 0.610. The van der Waals surface area contributed by atoms with Crippen molar-refractivity contribution in [2.45, 2.75) is 0 Å². The third kappa shape index (κ3) is 4.80. The highest BCUT2D eigenvalue weighted by atomic mass is 16.3. The second-order valence-electron chi connectivity index (χ2n) is 12.8. The second kappa shape index (κ2) is 11.9. The Labute approximate surface area is 295 Å². The number of nitrogens with zero attached hydrogens (tertiary/aromatic N) is 3. The Kier molecular flexibility index (Phi) is 6.78. The smallest absolute Gasteiger partial charge is 0.227 e. The van der Waals surface area contributed by atoms with Gasteiger partial charge in [-0.05, 0) is 60.2 Å². The molecule has 0 aliphatic heterocycles. The second-order valence-corrected chi connectivity index (χ2v) is 12.8. The molecule has 0 bridgehead atoms. The fourth-order valence-corrected chi connectivity index (χ4v) is 7.52. The summed E-state index contributed by atoms with van der Waals surface area (Å²) in [5, 5.41) is 4.52. The molecule has 0 aliphatic rings. The van der Waals surface area contributed by atoms with Gasteiger partial charge in [-0.2, -0.15) is 0 Å². The molecule has 0 N–H and O–H groups in total. The Morgan fingerprint density at radius 3 is 1.84 bits per heavy atom. The first kappa shape index (κ1) is 29.0. The van der Waals surface area contributed by atoms with Gasteiger partial charge < -0.3 is 13.9 Å². The number of benzene rings is 8. The van der Waals surface area contributed by atoms with E-state index in [1.807, 2.05) is 30.3 Å². The molecule has 2 heterocycles. The summed E-state index contributed by atoms with van der Waals surface area (Å²) in [4.78, 5) is 7.43. The number of anilines is 3. The summed E-state index contributed by atoms with van der Waals surface area (Å²) >= 11 is 0. The van der Waals surface area contributed by atoms with E-state index in [9.17, 15) is 0 Å². The number of hydrogen-bond acceptors (Lipinski definition) is 3. The van der Waals surface area contributed by atoms with Crippen molar-refractivity contribution < 1.29 is 4.42 Å². The number of para-hydroxylation sites is 3. The van der Waals surface area contributed by atoms with Gasteiger partial charge in [-0.3, -0.25) is 0 Å². The van der Waals surface area contributed by atoms with Crippen LogP contribution in [0.15, 0.2) is 192 Å². The topological polar surface area (TPSA) is 34.2 Å². The molecule has 0 aliphatic carbocycles. The van der Waals surface area contributed by atoms with Gasteiger partial charge in [0.2, 0.25) is 5.89 Å². The van der Waals surface area contributed by atoms with Gasteiger partial charge in [0.15, 0.2) is 5.58 Å². The van der Waals surface area contributed by atoms with E-state index >= 15 is 0 Å². The number of fused-ring (bicyclic) bond motifs is 6. The maximum Gasteiger partial charge on any atom is 0.227 e. The average Bonchev–Trinajstić information content (AvgIpc) is 3.79. The summed E-state index contributed by atoms with van der Waals surface area (Å²) in [6, 6.07) is 66.2. The van der Waals surface area contributed by atoms with E-state index in [1.54, 1.807) is 0 Å². The molecule has 51 heavy (non-hydrogen) atoms. The molecule has 0 saturated carbocycles. The first-order valence-corrected chi connectivity index (χ1v) is 17.2. The van der Waals surface area contributed by atoms with E-state index in [2.05, 4.69) is 167 Å². The molecule has 0 radical (unpaired) electrons. The normalized spacial score (nSPS) is 11.5. The van der Waals surface area contributed by atoms with Crippen LogP contribution >= 0.6 is 0 Å². The van der Waals surface area contributed by atoms with Crippen molar-refractivity contribution in [2.75, 3.05) is 4.90 Å². The fourth-order valence-electron chi connectivity index (χ4n) is 7.52. The van der Waals surface area contributed by atoms with Crippen LogP contribution in [-0.4, -0.2) is 9.55 Å². The van der Waals surface area contributed by atoms with Crippen molar-refractivity contribution in [3.05, 3.63) is 188 Å². The van der Waals surface area contributed by atoms with Gasteiger partial charge in [0.1, 0.15) is 5.52 Å². The standard InChI is InChI=1S/C47H31N3O/c1-4-16-32(17-5-1)36-22-12-14-26-41(36)50(35-28-29-43-40(30-35)38-24-13-15-27-42(38)49(43)34-20-8-3-9-21-34)44-31-45-46(39-25-11-10-23-37(39)44)48-47(51-45)33-18-6-2-7-19-33/h1-31H. The third-order valence-corrected chi connectivity index (χ3v) is 9.80. The molecule has 2 aromatic heterocycles. The molecule has 8 aromatic carbocycles. The lowest BCUT2D eigenvalue weighted by atomic mass is 10.00. The van der Waals surface area contributed by atoms with Crippen molar-refractivity contribution >= 4 is 60.7 Å². The van der Waals surface area contributed by atoms with E-state index < -0.39 is 0 Å². The molecule has 10 rings (SSSR count). The number of aromatic nitrogens is 2. The maximum atomic E-state index is 6.58. The highest BCUT2D eigenvalue weighted by Crippen LogP contribution is 2.47. The highest BCUT2D eigenvalue weighted by Gasteiger charge is 2.24. The zero-order chi connectivity index (χ0) is 33.7. The Balaban J connectivity index is 1.28. The van der Waals surface area contributed by atoms with Crippen LogP contribution in [0.25, 0.3) is 71.9 Å². The van der Waals surface area contributed by atoms with Gasteiger partial charge in [0.05, 0.1) is 22.4 Å². The lowest BCUT2D eigenvalue weighted by Gasteiger charge is -2.29. The van der Waals surface area contributed by atoms with Crippen LogP contribution in [0.2, 0.25) is 0 Å². The van der Waals surface area contributed by atoms with Crippen molar-refractivity contribution in [2.24, 2.45) is 0 Å². The third-order valence-electron chi connectivity index (χ3n) is 9.80. The Morgan fingerprint density at radius 2 is 1.06 bits per heavy atom. The van der Waals surface area contributed by atoms with E-state index in [-0.39, 0.29) is 0 Å². The maximum absolute atomic E-state index is 6.58. The SMILES string of the molecule is c1ccc(-c2nc3c(cc(N(c4ccc5c(c4)c4ccccc4n5-c4ccccc4)c4ccccc4-c4ccccc4)c4ccccc43)o2)cc1. The van der Waals surface area contributed by atoms with Gasteiger partial charge in [-0.15, -0.1) is 0 Å². The minimum absolute atomic E-state index is 0.610. The van der Waals surface area contributed by atoms with Gasteiger partial charge in [0.25, 0.3) is 0 Å². The predicted octanol–water partition coefficient (Wildman–Crippen LogP) is 12.9. The largest absolute Gasteiger partial charge is 0.436 e. The number of oxazole rings is 1. The Bertz CT molecular complexity index is 2850. The van der Waals surface area contributed by atoms with Crippen molar-refractivity contribution in [1.29, 1.82) is 0 Å². The number of rotatable bonds is 6. The summed E-state index contributed by atoms with van der Waals surface area (Å²) < 4.78 is 8.94. The van der Waals surface area contributed by atoms with Crippen LogP contribution in [0.5, 0.6) is 0 Å². The van der Waals surface area contributed by atoms with Gasteiger partial charge in [0, 0.05) is 50.1 Å². The van der Waals surface area contributed by atoms with Gasteiger partial charge in [-0.25, -0.2) is 4.98 Å².